The van der Waals surface area contributed by atoms with Gasteiger partial charge in [-0.15, -0.1) is 0 Å². The van der Waals surface area contributed by atoms with Crippen LogP contribution in [0, 0.1) is 6.92 Å². The molecule has 0 unspecified atom stereocenters. The molecule has 2 aromatic carbocycles. The minimum atomic E-state index is -0.471. The van der Waals surface area contributed by atoms with Crippen LogP contribution in [0.25, 0.3) is 0 Å². The second kappa shape index (κ2) is 4.50. The molecule has 0 atom stereocenters. The van der Waals surface area contributed by atoms with Gasteiger partial charge in [0.1, 0.15) is 17.2 Å². The Kier molecular flexibility index (Phi) is 3.14. The first-order chi connectivity index (χ1) is 8.84. The number of rotatable bonds is 2. The van der Waals surface area contributed by atoms with Crippen molar-refractivity contribution in [3.63, 3.8) is 0 Å². The molecule has 3 heteroatoms. The number of hydrogen-bond donors (Lipinski definition) is 3. The van der Waals surface area contributed by atoms with Gasteiger partial charge in [-0.3, -0.25) is 0 Å². The number of hydrogen-bond acceptors (Lipinski definition) is 3. The first-order valence-corrected chi connectivity index (χ1v) is 6.15. The molecule has 0 aliphatic rings. The van der Waals surface area contributed by atoms with Crippen molar-refractivity contribution in [2.24, 2.45) is 0 Å². The van der Waals surface area contributed by atoms with Crippen LogP contribution in [0.3, 0.4) is 0 Å². The van der Waals surface area contributed by atoms with Crippen molar-refractivity contribution in [3.05, 3.63) is 53.1 Å². The topological polar surface area (TPSA) is 60.7 Å². The fourth-order valence-corrected chi connectivity index (χ4v) is 2.24. The monoisotopic (exact) mass is 258 g/mol. The molecule has 0 saturated heterocycles. The molecule has 19 heavy (non-hydrogen) atoms. The summed E-state index contributed by atoms with van der Waals surface area (Å²) in [5.41, 5.74) is 1.60. The molecular formula is C16H18O3. The maximum atomic E-state index is 10.2. The van der Waals surface area contributed by atoms with E-state index in [1.807, 2.05) is 19.9 Å². The summed E-state index contributed by atoms with van der Waals surface area (Å²) >= 11 is 0. The number of aromatic hydroxyl groups is 3. The molecule has 0 aliphatic carbocycles. The summed E-state index contributed by atoms with van der Waals surface area (Å²) in [5, 5.41) is 29.4. The molecule has 2 aromatic rings. The molecule has 3 nitrogen and oxygen atoms in total. The molecule has 3 N–H and O–H groups in total. The van der Waals surface area contributed by atoms with Gasteiger partial charge in [0.25, 0.3) is 0 Å². The standard InChI is InChI=1S/C16H18O3/c1-10-14(18)8-7-13(15(10)19)16(2,3)11-5-4-6-12(17)9-11/h4-9,17-19H,1-3H3. The van der Waals surface area contributed by atoms with Crippen molar-refractivity contribution in [1.29, 1.82) is 0 Å². The van der Waals surface area contributed by atoms with E-state index in [-0.39, 0.29) is 17.2 Å². The zero-order valence-electron chi connectivity index (χ0n) is 11.3. The minimum Gasteiger partial charge on any atom is -0.508 e. The predicted octanol–water partition coefficient (Wildman–Crippen LogP) is 3.44. The lowest BCUT2D eigenvalue weighted by Gasteiger charge is -2.27. The van der Waals surface area contributed by atoms with E-state index in [0.717, 1.165) is 5.56 Å². The van der Waals surface area contributed by atoms with Crippen molar-refractivity contribution >= 4 is 0 Å². The molecular weight excluding hydrogens is 240 g/mol. The Morgan fingerprint density at radius 3 is 2.26 bits per heavy atom. The Hall–Kier alpha value is -2.16. The Labute approximate surface area is 112 Å². The van der Waals surface area contributed by atoms with E-state index < -0.39 is 5.41 Å². The largest absolute Gasteiger partial charge is 0.508 e. The second-order valence-electron chi connectivity index (χ2n) is 5.28. The molecule has 0 aliphatic heterocycles. The average Bonchev–Trinajstić information content (AvgIpc) is 2.36. The van der Waals surface area contributed by atoms with Gasteiger partial charge < -0.3 is 15.3 Å². The minimum absolute atomic E-state index is 0.0768. The van der Waals surface area contributed by atoms with E-state index in [1.54, 1.807) is 37.3 Å². The van der Waals surface area contributed by atoms with E-state index in [2.05, 4.69) is 0 Å². The third-order valence-electron chi connectivity index (χ3n) is 3.64. The van der Waals surface area contributed by atoms with Crippen molar-refractivity contribution in [1.82, 2.24) is 0 Å². The zero-order chi connectivity index (χ0) is 14.2. The molecule has 0 bridgehead atoms. The summed E-state index contributed by atoms with van der Waals surface area (Å²) in [6.07, 6.45) is 0. The number of benzene rings is 2. The molecule has 0 amide bonds. The first kappa shape index (κ1) is 13.3. The Bertz CT molecular complexity index is 615. The van der Waals surface area contributed by atoms with E-state index in [1.165, 1.54) is 0 Å². The highest BCUT2D eigenvalue weighted by molar-refractivity contribution is 5.54. The Balaban J connectivity index is 2.60. The summed E-state index contributed by atoms with van der Waals surface area (Å²) < 4.78 is 0. The Morgan fingerprint density at radius 2 is 1.63 bits per heavy atom. The zero-order valence-corrected chi connectivity index (χ0v) is 11.3. The molecule has 100 valence electrons. The van der Waals surface area contributed by atoms with Crippen molar-refractivity contribution in [2.45, 2.75) is 26.2 Å². The summed E-state index contributed by atoms with van der Waals surface area (Å²) in [4.78, 5) is 0. The van der Waals surface area contributed by atoms with Gasteiger partial charge in [-0.05, 0) is 30.7 Å². The molecule has 0 fully saturated rings. The third-order valence-corrected chi connectivity index (χ3v) is 3.64. The van der Waals surface area contributed by atoms with Crippen LogP contribution in [0.2, 0.25) is 0 Å². The fourth-order valence-electron chi connectivity index (χ4n) is 2.24. The van der Waals surface area contributed by atoms with Gasteiger partial charge in [0, 0.05) is 16.5 Å². The fraction of sp³-hybridized carbons (Fsp3) is 0.250. The van der Waals surface area contributed by atoms with Crippen LogP contribution in [0.15, 0.2) is 36.4 Å². The van der Waals surface area contributed by atoms with E-state index in [4.69, 9.17) is 0 Å². The van der Waals surface area contributed by atoms with Crippen LogP contribution < -0.4 is 0 Å². The molecule has 0 heterocycles. The van der Waals surface area contributed by atoms with E-state index in [0.29, 0.717) is 11.1 Å². The lowest BCUT2D eigenvalue weighted by molar-refractivity contribution is 0.428. The van der Waals surface area contributed by atoms with Crippen LogP contribution in [0.5, 0.6) is 17.2 Å². The average molecular weight is 258 g/mol. The molecule has 0 aromatic heterocycles. The molecule has 0 radical (unpaired) electrons. The number of phenolic OH excluding ortho intramolecular Hbond substituents is 3. The first-order valence-electron chi connectivity index (χ1n) is 6.15. The summed E-state index contributed by atoms with van der Waals surface area (Å²) in [7, 11) is 0. The van der Waals surface area contributed by atoms with Crippen LogP contribution in [-0.2, 0) is 5.41 Å². The molecule has 0 spiro atoms. The van der Waals surface area contributed by atoms with Crippen LogP contribution >= 0.6 is 0 Å². The van der Waals surface area contributed by atoms with Gasteiger partial charge in [0.15, 0.2) is 0 Å². The SMILES string of the molecule is Cc1c(O)ccc(C(C)(C)c2cccc(O)c2)c1O. The van der Waals surface area contributed by atoms with Crippen LogP contribution in [0.4, 0.5) is 0 Å². The Morgan fingerprint density at radius 1 is 0.947 bits per heavy atom. The molecule has 0 saturated carbocycles. The van der Waals surface area contributed by atoms with Crippen molar-refractivity contribution in [2.75, 3.05) is 0 Å². The van der Waals surface area contributed by atoms with Gasteiger partial charge in [-0.25, -0.2) is 0 Å². The lowest BCUT2D eigenvalue weighted by atomic mass is 9.77. The van der Waals surface area contributed by atoms with Gasteiger partial charge in [-0.2, -0.15) is 0 Å². The third kappa shape index (κ3) is 2.24. The van der Waals surface area contributed by atoms with Crippen molar-refractivity contribution in [3.8, 4) is 17.2 Å². The highest BCUT2D eigenvalue weighted by Crippen LogP contribution is 2.41. The lowest BCUT2D eigenvalue weighted by Crippen LogP contribution is -2.19. The molecule has 2 rings (SSSR count). The number of phenols is 3. The van der Waals surface area contributed by atoms with Crippen LogP contribution in [-0.4, -0.2) is 15.3 Å². The van der Waals surface area contributed by atoms with E-state index in [9.17, 15) is 15.3 Å². The van der Waals surface area contributed by atoms with Crippen molar-refractivity contribution < 1.29 is 15.3 Å². The maximum Gasteiger partial charge on any atom is 0.126 e. The van der Waals surface area contributed by atoms with E-state index >= 15 is 0 Å². The van der Waals surface area contributed by atoms with Gasteiger partial charge in [0.2, 0.25) is 0 Å². The summed E-state index contributed by atoms with van der Waals surface area (Å²) in [5.74, 6) is 0.363. The van der Waals surface area contributed by atoms with Crippen LogP contribution in [0.1, 0.15) is 30.5 Å². The van der Waals surface area contributed by atoms with Gasteiger partial charge >= 0.3 is 0 Å². The normalized spacial score (nSPS) is 11.5. The second-order valence-corrected chi connectivity index (χ2v) is 5.28. The summed E-state index contributed by atoms with van der Waals surface area (Å²) in [6.45, 7) is 5.60. The predicted molar refractivity (Wildman–Crippen MR) is 74.7 cm³/mol. The van der Waals surface area contributed by atoms with Gasteiger partial charge in [0.05, 0.1) is 0 Å². The highest BCUT2D eigenvalue weighted by Gasteiger charge is 2.27. The quantitative estimate of drug-likeness (QED) is 0.773. The van der Waals surface area contributed by atoms with Gasteiger partial charge in [-0.1, -0.05) is 32.0 Å². The smallest absolute Gasteiger partial charge is 0.126 e. The highest BCUT2D eigenvalue weighted by atomic mass is 16.3. The maximum absolute atomic E-state index is 10.2. The summed E-state index contributed by atoms with van der Waals surface area (Å²) in [6, 6.07) is 10.3.